The molecule has 96 heavy (non-hydrogen) atoms. The van der Waals surface area contributed by atoms with E-state index in [1.807, 2.05) is 182 Å². The van der Waals surface area contributed by atoms with Crippen molar-refractivity contribution in [2.24, 2.45) is 0 Å². The van der Waals surface area contributed by atoms with E-state index >= 15 is 0 Å². The molecule has 4 aliphatic rings. The van der Waals surface area contributed by atoms with Crippen LogP contribution in [0.1, 0.15) is 52.7 Å². The summed E-state index contributed by atoms with van der Waals surface area (Å²) in [6.45, 7) is 12.5. The molecule has 14 aromatic rings. The third-order valence-corrected chi connectivity index (χ3v) is 17.6. The number of para-hydroxylation sites is 6. The minimum absolute atomic E-state index is 0. The first-order valence-electron chi connectivity index (χ1n) is 31.4. The fraction of sp³-hybridized carbons (Fsp3) is 0.100. The number of imidazole rings is 2. The first kappa shape index (κ1) is 61.9. The van der Waals surface area contributed by atoms with Crippen molar-refractivity contribution in [2.45, 2.75) is 52.4 Å². The Morgan fingerprint density at radius 2 is 0.719 bits per heavy atom. The van der Waals surface area contributed by atoms with Crippen LogP contribution in [0.15, 0.2) is 231 Å². The number of ether oxygens (including phenoxy) is 6. The van der Waals surface area contributed by atoms with Crippen LogP contribution in [0.4, 0.5) is 0 Å². The van der Waals surface area contributed by atoms with E-state index in [-0.39, 0.29) is 66.4 Å². The van der Waals surface area contributed by atoms with Crippen molar-refractivity contribution in [3.8, 4) is 103 Å². The molecule has 0 atom stereocenters. The summed E-state index contributed by atoms with van der Waals surface area (Å²) >= 11 is 0. The number of nitrogens with zero attached hydrogens (tertiary/aromatic N) is 6. The number of fused-ring (bicyclic) bond motifs is 10. The van der Waals surface area contributed by atoms with Crippen LogP contribution in [0.2, 0.25) is 0 Å². The molecule has 8 heterocycles. The zero-order chi connectivity index (χ0) is 63.4. The molecular weight excluding hydrogens is 1550 g/mol. The van der Waals surface area contributed by atoms with Gasteiger partial charge in [-0.05, 0) is 107 Å². The maximum Gasteiger partial charge on any atom is 2.00 e. The van der Waals surface area contributed by atoms with Crippen molar-refractivity contribution in [3.63, 3.8) is 0 Å². The van der Waals surface area contributed by atoms with Gasteiger partial charge in [0.05, 0.1) is 33.7 Å². The van der Waals surface area contributed by atoms with Gasteiger partial charge in [-0.2, -0.15) is 0 Å². The molecule has 0 saturated heterocycles. The van der Waals surface area contributed by atoms with Crippen LogP contribution in [0, 0.1) is 24.3 Å². The molecule has 18 rings (SSSR count). The smallest absolute Gasteiger partial charge is 0.518 e. The number of aromatic nitrogens is 6. The van der Waals surface area contributed by atoms with Crippen molar-refractivity contribution in [3.05, 3.63) is 266 Å². The third kappa shape index (κ3) is 11.1. The number of hydrogen-bond acceptors (Lipinski definition) is 10. The van der Waals surface area contributed by atoms with Gasteiger partial charge in [0.15, 0.2) is 0 Å². The number of pyridine rings is 2. The molecule has 468 valence electrons. The molecule has 0 spiro atoms. The van der Waals surface area contributed by atoms with Gasteiger partial charge in [-0.15, -0.1) is 106 Å². The molecule has 0 amide bonds. The van der Waals surface area contributed by atoms with E-state index in [1.165, 1.54) is 0 Å². The largest absolute Gasteiger partial charge is 2.00 e. The standard InChI is InChI=1S/2C40H28BN3O3.2Pt/c2*1-40(2,3)26-20-21-42-37(23-26)45-28-17-19-34-30(24-28)41-29-22-25(16-18-33(29)46-35-14-9-15-36(47-34)38(35)41)39-43-31-12-7-8-13-32(31)44(39)27-10-5-4-6-11-27;;/h2*4-21,23H,1-3H3;;/q2*-2;2*+2. The predicted molar refractivity (Wildman–Crippen MR) is 370 cm³/mol. The second kappa shape index (κ2) is 24.5. The first-order chi connectivity index (χ1) is 45.8. The first-order valence-corrected chi connectivity index (χ1v) is 31.4. The van der Waals surface area contributed by atoms with Gasteiger partial charge in [0.25, 0.3) is 0 Å². The Bertz CT molecular complexity index is 5000. The zero-order valence-corrected chi connectivity index (χ0v) is 57.4. The van der Waals surface area contributed by atoms with Crippen molar-refractivity contribution >= 4 is 68.3 Å². The summed E-state index contributed by atoms with van der Waals surface area (Å²) < 4.78 is 42.8. The summed E-state index contributed by atoms with van der Waals surface area (Å²) in [5, 5.41) is 0. The SMILES string of the molecule is CC(C)(C)c1ccnc(Oc2[c-]c3c(cc2)Oc2cccc4c2B3c2[c-]c(-c3nc5ccccc5n3-c3ccccc3)ccc2O4)c1.CC(C)(C)c1ccnc(Oc2[c-]c3c(cc2)Oc2cccc4c2B3c2[c-]c(-c3nc5ccccc5n3-c3ccccc3)ccc2O4)c1.[Pt+2].[Pt+2]. The Morgan fingerprint density at radius 3 is 1.10 bits per heavy atom. The number of benzene rings is 10. The molecular formula is C80H56B2N6O6Pt2. The molecule has 0 unspecified atom stereocenters. The maximum atomic E-state index is 6.48. The van der Waals surface area contributed by atoms with Crippen molar-refractivity contribution in [1.82, 2.24) is 29.1 Å². The summed E-state index contributed by atoms with van der Waals surface area (Å²) in [6.07, 6.45) is 3.57. The van der Waals surface area contributed by atoms with E-state index in [0.717, 1.165) is 135 Å². The van der Waals surface area contributed by atoms with Crippen LogP contribution < -0.4 is 61.2 Å². The van der Waals surface area contributed by atoms with Gasteiger partial charge in [0.1, 0.15) is 23.0 Å². The van der Waals surface area contributed by atoms with E-state index in [1.54, 1.807) is 12.4 Å². The Morgan fingerprint density at radius 1 is 0.365 bits per heavy atom. The summed E-state index contributed by atoms with van der Waals surface area (Å²) in [5.41, 5.74) is 15.2. The van der Waals surface area contributed by atoms with Gasteiger partial charge < -0.3 is 37.6 Å². The molecule has 4 aliphatic heterocycles. The quantitative estimate of drug-likeness (QED) is 0.108. The Balaban J connectivity index is 0.000000154. The number of hydrogen-bond donors (Lipinski definition) is 0. The zero-order valence-electron chi connectivity index (χ0n) is 52.9. The fourth-order valence-corrected chi connectivity index (χ4v) is 13.0. The molecule has 0 radical (unpaired) electrons. The van der Waals surface area contributed by atoms with Gasteiger partial charge >= 0.3 is 42.1 Å². The van der Waals surface area contributed by atoms with Crippen LogP contribution in [-0.2, 0) is 53.0 Å². The maximum absolute atomic E-state index is 6.48. The minimum Gasteiger partial charge on any atom is -0.518 e. The number of rotatable bonds is 8. The molecule has 10 aromatic carbocycles. The Hall–Kier alpha value is -10.3. The van der Waals surface area contributed by atoms with E-state index in [0.29, 0.717) is 34.8 Å². The molecule has 0 saturated carbocycles. The molecule has 0 fully saturated rings. The van der Waals surface area contributed by atoms with Crippen LogP contribution in [0.5, 0.6) is 69.3 Å². The van der Waals surface area contributed by atoms with Gasteiger partial charge in [0, 0.05) is 81.3 Å². The Labute approximate surface area is 585 Å². The normalized spacial score (nSPS) is 12.6. The summed E-state index contributed by atoms with van der Waals surface area (Å²) in [5.74, 6) is 9.67. The van der Waals surface area contributed by atoms with Crippen LogP contribution >= 0.6 is 0 Å². The summed E-state index contributed by atoms with van der Waals surface area (Å²) in [4.78, 5) is 19.2. The van der Waals surface area contributed by atoms with E-state index in [4.69, 9.17) is 38.4 Å². The Kier molecular flexibility index (Phi) is 15.8. The van der Waals surface area contributed by atoms with Gasteiger partial charge in [0.2, 0.25) is 25.2 Å². The topological polar surface area (TPSA) is 117 Å². The van der Waals surface area contributed by atoms with Crippen LogP contribution in [0.3, 0.4) is 0 Å². The van der Waals surface area contributed by atoms with Gasteiger partial charge in [-0.25, -0.2) is 9.97 Å². The molecule has 0 bridgehead atoms. The summed E-state index contributed by atoms with van der Waals surface area (Å²) in [6, 6.07) is 87.2. The van der Waals surface area contributed by atoms with Crippen molar-refractivity contribution < 1.29 is 70.6 Å². The fourth-order valence-electron chi connectivity index (χ4n) is 13.0. The monoisotopic (exact) mass is 1610 g/mol. The second-order valence-electron chi connectivity index (χ2n) is 25.8. The molecule has 16 heteroatoms. The third-order valence-electron chi connectivity index (χ3n) is 17.6. The predicted octanol–water partition coefficient (Wildman–Crippen LogP) is 15.0. The molecule has 12 nitrogen and oxygen atoms in total. The van der Waals surface area contributed by atoms with Crippen molar-refractivity contribution in [2.75, 3.05) is 0 Å². The van der Waals surface area contributed by atoms with Gasteiger partial charge in [-0.1, -0.05) is 114 Å². The van der Waals surface area contributed by atoms with Crippen LogP contribution in [0.25, 0.3) is 56.2 Å². The molecule has 0 N–H and O–H groups in total. The second-order valence-corrected chi connectivity index (χ2v) is 25.8. The van der Waals surface area contributed by atoms with E-state index in [9.17, 15) is 0 Å². The minimum atomic E-state index is -0.249. The molecule has 0 aliphatic carbocycles. The van der Waals surface area contributed by atoms with Gasteiger partial charge in [-0.3, -0.25) is 9.97 Å². The summed E-state index contributed by atoms with van der Waals surface area (Å²) in [7, 11) is 0. The molecule has 4 aromatic heterocycles. The van der Waals surface area contributed by atoms with Crippen molar-refractivity contribution in [1.29, 1.82) is 0 Å². The van der Waals surface area contributed by atoms with Crippen LogP contribution in [-0.4, -0.2) is 42.5 Å². The van der Waals surface area contributed by atoms with E-state index < -0.39 is 0 Å². The average molecular weight is 1610 g/mol. The average Bonchev–Trinajstić information content (AvgIpc) is 0.930. The van der Waals surface area contributed by atoms with E-state index in [2.05, 4.69) is 121 Å².